The van der Waals surface area contributed by atoms with E-state index in [4.69, 9.17) is 0 Å². The summed E-state index contributed by atoms with van der Waals surface area (Å²) in [6.07, 6.45) is 44.2. The smallest absolute Gasteiger partial charge is 0.0402 e. The lowest BCUT2D eigenvalue weighted by atomic mass is 9.77. The molecule has 0 fully saturated rings. The van der Waals surface area contributed by atoms with Gasteiger partial charge in [0, 0.05) is 30.6 Å². The summed E-state index contributed by atoms with van der Waals surface area (Å²) < 4.78 is 0. The standard InChI is InChI=1S/C34H46N2/c1-27-13-8-10-25-36(26-11-9-16-28-14-4-2-5-15-28)33-20-12-19-32(34(27)33)35-31-23-21-30(22-24-31)29-17-6-3-7-18-29/h2-4,6,9,11-14,16,19,21,26,29,31-35H,5,7-8,10,15,17-18,20,22-25H2,1H3/b16-9+,26-11+,27-13+. The monoisotopic (exact) mass is 482 g/mol. The maximum Gasteiger partial charge on any atom is 0.0402 e. The molecule has 5 aliphatic rings. The van der Waals surface area contributed by atoms with Crippen molar-refractivity contribution >= 4 is 0 Å². The van der Waals surface area contributed by atoms with Crippen molar-refractivity contribution in [2.24, 2.45) is 11.8 Å². The van der Waals surface area contributed by atoms with E-state index >= 15 is 0 Å². The van der Waals surface area contributed by atoms with Crippen LogP contribution >= 0.6 is 0 Å². The van der Waals surface area contributed by atoms with Gasteiger partial charge in [0.15, 0.2) is 0 Å². The molecule has 0 aromatic rings. The summed E-state index contributed by atoms with van der Waals surface area (Å²) in [7, 11) is 0. The van der Waals surface area contributed by atoms with Gasteiger partial charge in [0.2, 0.25) is 0 Å². The number of nitrogens with one attached hydrogen (secondary N) is 1. The van der Waals surface area contributed by atoms with Gasteiger partial charge in [-0.15, -0.1) is 0 Å². The molecule has 36 heavy (non-hydrogen) atoms. The van der Waals surface area contributed by atoms with E-state index < -0.39 is 0 Å². The van der Waals surface area contributed by atoms with Gasteiger partial charge in [0.1, 0.15) is 0 Å². The summed E-state index contributed by atoms with van der Waals surface area (Å²) in [5.41, 5.74) is 4.75. The highest BCUT2D eigenvalue weighted by Crippen LogP contribution is 2.36. The van der Waals surface area contributed by atoms with Gasteiger partial charge in [-0.1, -0.05) is 78.0 Å². The van der Waals surface area contributed by atoms with Crippen molar-refractivity contribution in [3.8, 4) is 0 Å². The average molecular weight is 483 g/mol. The van der Waals surface area contributed by atoms with Gasteiger partial charge >= 0.3 is 0 Å². The summed E-state index contributed by atoms with van der Waals surface area (Å²) >= 11 is 0. The molecular formula is C34H46N2. The van der Waals surface area contributed by atoms with E-state index in [1.54, 1.807) is 11.1 Å². The van der Waals surface area contributed by atoms with E-state index in [1.807, 2.05) is 0 Å². The molecule has 192 valence electrons. The molecule has 1 aliphatic heterocycles. The normalized spacial score (nSPS) is 34.6. The van der Waals surface area contributed by atoms with Gasteiger partial charge in [0.05, 0.1) is 0 Å². The zero-order valence-corrected chi connectivity index (χ0v) is 22.3. The van der Waals surface area contributed by atoms with Gasteiger partial charge in [-0.25, -0.2) is 0 Å². The zero-order chi connectivity index (χ0) is 24.6. The van der Waals surface area contributed by atoms with Crippen molar-refractivity contribution in [3.63, 3.8) is 0 Å². The number of fused-ring (bicyclic) bond motifs is 1. The van der Waals surface area contributed by atoms with Gasteiger partial charge in [-0.2, -0.15) is 0 Å². The molecular weight excluding hydrogens is 436 g/mol. The largest absolute Gasteiger partial charge is 0.373 e. The molecule has 0 bridgehead atoms. The summed E-state index contributed by atoms with van der Waals surface area (Å²) in [5.74, 6) is 1.36. The Morgan fingerprint density at radius 2 is 1.89 bits per heavy atom. The molecule has 0 aromatic carbocycles. The van der Waals surface area contributed by atoms with Crippen LogP contribution in [0.3, 0.4) is 0 Å². The summed E-state index contributed by atoms with van der Waals surface area (Å²) in [6, 6.07) is 1.57. The fourth-order valence-electron chi connectivity index (χ4n) is 6.93. The van der Waals surface area contributed by atoms with Crippen molar-refractivity contribution in [2.75, 3.05) is 6.54 Å². The van der Waals surface area contributed by atoms with Crippen molar-refractivity contribution < 1.29 is 0 Å². The molecule has 0 saturated heterocycles. The van der Waals surface area contributed by atoms with Crippen LogP contribution in [-0.4, -0.2) is 29.6 Å². The molecule has 5 rings (SSSR count). The Labute approximate surface area is 220 Å². The number of hydrogen-bond acceptors (Lipinski definition) is 2. The van der Waals surface area contributed by atoms with E-state index in [-0.39, 0.29) is 0 Å². The Bertz CT molecular complexity index is 985. The second kappa shape index (κ2) is 12.8. The highest BCUT2D eigenvalue weighted by molar-refractivity contribution is 5.29. The highest BCUT2D eigenvalue weighted by Gasteiger charge is 2.36. The number of rotatable bonds is 6. The van der Waals surface area contributed by atoms with Crippen molar-refractivity contribution in [2.45, 2.75) is 95.7 Å². The Morgan fingerprint density at radius 1 is 0.917 bits per heavy atom. The summed E-state index contributed by atoms with van der Waals surface area (Å²) in [6.45, 7) is 3.53. The highest BCUT2D eigenvalue weighted by atomic mass is 15.2. The minimum Gasteiger partial charge on any atom is -0.373 e. The Balaban J connectivity index is 1.24. The van der Waals surface area contributed by atoms with E-state index in [0.29, 0.717) is 24.0 Å². The SMILES string of the molecule is C/C1=C\CCCN(/C=C/C=C/C2=CC=CCC2)C2CC=CC(NC3CC=C(C4CC=CCC4)CC3)C12. The van der Waals surface area contributed by atoms with Crippen LogP contribution in [0.2, 0.25) is 0 Å². The lowest BCUT2D eigenvalue weighted by molar-refractivity contribution is 0.179. The van der Waals surface area contributed by atoms with Crippen LogP contribution in [0.1, 0.15) is 77.6 Å². The molecule has 2 heteroatoms. The summed E-state index contributed by atoms with van der Waals surface area (Å²) in [5, 5.41) is 4.13. The van der Waals surface area contributed by atoms with Crippen LogP contribution in [-0.2, 0) is 0 Å². The van der Waals surface area contributed by atoms with E-state index in [9.17, 15) is 0 Å². The zero-order valence-electron chi connectivity index (χ0n) is 22.3. The number of nitrogens with zero attached hydrogens (tertiary/aromatic N) is 1. The first kappa shape index (κ1) is 25.3. The maximum atomic E-state index is 4.13. The molecule has 0 saturated carbocycles. The van der Waals surface area contributed by atoms with Gasteiger partial charge in [-0.3, -0.25) is 0 Å². The first-order valence-electron chi connectivity index (χ1n) is 14.7. The van der Waals surface area contributed by atoms with Gasteiger partial charge in [0.25, 0.3) is 0 Å². The number of hydrogen-bond donors (Lipinski definition) is 1. The maximum absolute atomic E-state index is 4.13. The lowest BCUT2D eigenvalue weighted by Crippen LogP contribution is -2.52. The third kappa shape index (κ3) is 6.51. The summed E-state index contributed by atoms with van der Waals surface area (Å²) in [4.78, 5) is 2.65. The second-order valence-corrected chi connectivity index (χ2v) is 11.4. The van der Waals surface area contributed by atoms with Crippen molar-refractivity contribution in [1.82, 2.24) is 10.2 Å². The Morgan fingerprint density at radius 3 is 2.69 bits per heavy atom. The fraction of sp³-hybridized carbons (Fsp3) is 0.529. The minimum atomic E-state index is 0.432. The van der Waals surface area contributed by atoms with Crippen LogP contribution in [0.15, 0.2) is 95.8 Å². The van der Waals surface area contributed by atoms with Crippen LogP contribution < -0.4 is 5.32 Å². The van der Waals surface area contributed by atoms with Gasteiger partial charge < -0.3 is 10.2 Å². The van der Waals surface area contributed by atoms with E-state index in [1.165, 1.54) is 56.9 Å². The first-order chi connectivity index (χ1) is 17.8. The van der Waals surface area contributed by atoms with Crippen LogP contribution in [0.4, 0.5) is 0 Å². The molecule has 0 radical (unpaired) electrons. The third-order valence-electron chi connectivity index (χ3n) is 8.97. The number of allylic oxidation sites excluding steroid dienone is 11. The molecule has 4 aliphatic carbocycles. The van der Waals surface area contributed by atoms with E-state index in [0.717, 1.165) is 31.7 Å². The molecule has 5 atom stereocenters. The first-order valence-corrected chi connectivity index (χ1v) is 14.7. The Hall–Kier alpha value is -2.32. The minimum absolute atomic E-state index is 0.432. The van der Waals surface area contributed by atoms with E-state index in [2.05, 4.69) is 96.3 Å². The quantitative estimate of drug-likeness (QED) is 0.304. The lowest BCUT2D eigenvalue weighted by Gasteiger charge is -2.44. The van der Waals surface area contributed by atoms with Gasteiger partial charge in [-0.05, 0) is 101 Å². The molecule has 2 nitrogen and oxygen atoms in total. The fourth-order valence-corrected chi connectivity index (χ4v) is 6.93. The molecule has 0 aromatic heterocycles. The molecule has 1 N–H and O–H groups in total. The molecule has 0 amide bonds. The predicted molar refractivity (Wildman–Crippen MR) is 155 cm³/mol. The molecule has 5 unspecified atom stereocenters. The van der Waals surface area contributed by atoms with Crippen LogP contribution in [0.5, 0.6) is 0 Å². The molecule has 0 spiro atoms. The third-order valence-corrected chi connectivity index (χ3v) is 8.97. The average Bonchev–Trinajstić information content (AvgIpc) is 2.92. The predicted octanol–water partition coefficient (Wildman–Crippen LogP) is 8.11. The van der Waals surface area contributed by atoms with Crippen molar-refractivity contribution in [3.05, 3.63) is 95.8 Å². The molecule has 1 heterocycles. The van der Waals surface area contributed by atoms with Crippen LogP contribution in [0.25, 0.3) is 0 Å². The van der Waals surface area contributed by atoms with Crippen molar-refractivity contribution in [1.29, 1.82) is 0 Å². The van der Waals surface area contributed by atoms with Crippen LogP contribution in [0, 0.1) is 11.8 Å². The second-order valence-electron chi connectivity index (χ2n) is 11.4. The Kier molecular flexibility index (Phi) is 8.99. The topological polar surface area (TPSA) is 15.3 Å².